The Morgan fingerprint density at radius 2 is 1.72 bits per heavy atom. The van der Waals surface area contributed by atoms with Crippen molar-refractivity contribution in [1.29, 1.82) is 0 Å². The van der Waals surface area contributed by atoms with Gasteiger partial charge in [0.25, 0.3) is 0 Å². The molecule has 1 aromatic carbocycles. The first-order valence-electron chi connectivity index (χ1n) is 11.3. The Morgan fingerprint density at radius 3 is 2.41 bits per heavy atom. The highest BCUT2D eigenvalue weighted by Crippen LogP contribution is 2.22. The van der Waals surface area contributed by atoms with E-state index in [9.17, 15) is 14.0 Å². The number of nitrogens with zero attached hydrogens (tertiary/aromatic N) is 4. The van der Waals surface area contributed by atoms with Crippen molar-refractivity contribution in [3.8, 4) is 0 Å². The summed E-state index contributed by atoms with van der Waals surface area (Å²) < 4.78 is 14.4. The standard InChI is InChI=1S/C24H30FN5O2/c1-18(31)20-5-6-22(21(25)16-20)28-11-13-30(14-12-28)24(32)27-17-19-7-8-26-23(15-19)29-9-3-2-4-10-29/h5-8,15-16H,2-4,9-14,17H2,1H3,(H,27,32). The van der Waals surface area contributed by atoms with E-state index in [1.807, 2.05) is 11.0 Å². The van der Waals surface area contributed by atoms with Crippen LogP contribution in [0.5, 0.6) is 0 Å². The van der Waals surface area contributed by atoms with Crippen LogP contribution in [0.3, 0.4) is 0 Å². The molecule has 1 N–H and O–H groups in total. The lowest BCUT2D eigenvalue weighted by molar-refractivity contribution is 0.101. The Labute approximate surface area is 188 Å². The molecule has 0 spiro atoms. The Balaban J connectivity index is 1.28. The van der Waals surface area contributed by atoms with Crippen molar-refractivity contribution >= 4 is 23.3 Å². The minimum atomic E-state index is -0.405. The summed E-state index contributed by atoms with van der Waals surface area (Å²) in [6.07, 6.45) is 5.46. The van der Waals surface area contributed by atoms with Gasteiger partial charge in [-0.1, -0.05) is 0 Å². The van der Waals surface area contributed by atoms with Gasteiger partial charge in [-0.15, -0.1) is 0 Å². The van der Waals surface area contributed by atoms with Gasteiger partial charge in [-0.25, -0.2) is 14.2 Å². The fraction of sp³-hybridized carbons (Fsp3) is 0.458. The number of hydrogen-bond acceptors (Lipinski definition) is 5. The lowest BCUT2D eigenvalue weighted by atomic mass is 10.1. The lowest BCUT2D eigenvalue weighted by Gasteiger charge is -2.36. The SMILES string of the molecule is CC(=O)c1ccc(N2CCN(C(=O)NCc3ccnc(N4CCCCC4)c3)CC2)c(F)c1. The number of amides is 2. The maximum absolute atomic E-state index is 14.4. The van der Waals surface area contributed by atoms with Crippen LogP contribution in [0, 0.1) is 5.82 Å². The average Bonchev–Trinajstić information content (AvgIpc) is 2.83. The molecule has 2 fully saturated rings. The number of aromatic nitrogens is 1. The van der Waals surface area contributed by atoms with Crippen molar-refractivity contribution in [3.63, 3.8) is 0 Å². The van der Waals surface area contributed by atoms with Crippen LogP contribution in [-0.4, -0.2) is 61.0 Å². The molecule has 0 atom stereocenters. The van der Waals surface area contributed by atoms with Crippen molar-refractivity contribution in [1.82, 2.24) is 15.2 Å². The van der Waals surface area contributed by atoms with E-state index in [2.05, 4.69) is 21.3 Å². The van der Waals surface area contributed by atoms with Crippen LogP contribution >= 0.6 is 0 Å². The van der Waals surface area contributed by atoms with Gasteiger partial charge in [-0.2, -0.15) is 0 Å². The summed E-state index contributed by atoms with van der Waals surface area (Å²) in [7, 11) is 0. The number of hydrogen-bond donors (Lipinski definition) is 1. The first-order chi connectivity index (χ1) is 15.5. The molecule has 2 amide bonds. The highest BCUT2D eigenvalue weighted by Gasteiger charge is 2.23. The summed E-state index contributed by atoms with van der Waals surface area (Å²) in [5.41, 5.74) is 1.86. The number of nitrogens with one attached hydrogen (secondary N) is 1. The van der Waals surface area contributed by atoms with Crippen LogP contribution < -0.4 is 15.1 Å². The van der Waals surface area contributed by atoms with Gasteiger partial charge in [0.1, 0.15) is 11.6 Å². The molecule has 2 aromatic rings. The maximum atomic E-state index is 14.4. The zero-order valence-corrected chi connectivity index (χ0v) is 18.5. The molecule has 2 saturated heterocycles. The first kappa shape index (κ1) is 22.0. The summed E-state index contributed by atoms with van der Waals surface area (Å²) in [4.78, 5) is 34.5. The summed E-state index contributed by atoms with van der Waals surface area (Å²) in [6, 6.07) is 8.44. The normalized spacial score (nSPS) is 16.8. The van der Waals surface area contributed by atoms with Crippen molar-refractivity contribution in [2.75, 3.05) is 49.1 Å². The third-order valence-electron chi connectivity index (χ3n) is 6.20. The zero-order chi connectivity index (χ0) is 22.5. The Morgan fingerprint density at radius 1 is 0.969 bits per heavy atom. The number of benzene rings is 1. The molecule has 0 aliphatic carbocycles. The number of carbonyl (C=O) groups excluding carboxylic acids is 2. The number of pyridine rings is 1. The zero-order valence-electron chi connectivity index (χ0n) is 18.5. The second kappa shape index (κ2) is 9.97. The average molecular weight is 440 g/mol. The molecule has 1 aromatic heterocycles. The Bertz CT molecular complexity index is 969. The highest BCUT2D eigenvalue weighted by atomic mass is 19.1. The van der Waals surface area contributed by atoms with E-state index in [0.717, 1.165) is 24.5 Å². The monoisotopic (exact) mass is 439 g/mol. The minimum Gasteiger partial charge on any atom is -0.366 e. The van der Waals surface area contributed by atoms with Crippen LogP contribution in [0.25, 0.3) is 0 Å². The Hall–Kier alpha value is -3.16. The number of rotatable bonds is 5. The first-order valence-corrected chi connectivity index (χ1v) is 11.3. The van der Waals surface area contributed by atoms with Gasteiger partial charge in [0, 0.05) is 57.6 Å². The van der Waals surface area contributed by atoms with Crippen LogP contribution in [0.4, 0.5) is 20.7 Å². The van der Waals surface area contributed by atoms with Crippen molar-refractivity contribution in [2.24, 2.45) is 0 Å². The number of carbonyl (C=O) groups is 2. The molecule has 32 heavy (non-hydrogen) atoms. The quantitative estimate of drug-likeness (QED) is 0.723. The van der Waals surface area contributed by atoms with Gasteiger partial charge in [0.05, 0.1) is 5.69 Å². The fourth-order valence-electron chi connectivity index (χ4n) is 4.29. The second-order valence-electron chi connectivity index (χ2n) is 8.43. The predicted octanol–water partition coefficient (Wildman–Crippen LogP) is 3.45. The van der Waals surface area contributed by atoms with Crippen LogP contribution in [0.15, 0.2) is 36.5 Å². The van der Waals surface area contributed by atoms with E-state index in [-0.39, 0.29) is 11.8 Å². The molecule has 0 saturated carbocycles. The van der Waals surface area contributed by atoms with Crippen LogP contribution in [-0.2, 0) is 6.54 Å². The molecular weight excluding hydrogens is 409 g/mol. The molecular formula is C24H30FN5O2. The Kier molecular flexibility index (Phi) is 6.87. The van der Waals surface area contributed by atoms with Crippen molar-refractivity contribution < 1.29 is 14.0 Å². The molecule has 3 heterocycles. The van der Waals surface area contributed by atoms with E-state index in [0.29, 0.717) is 44.0 Å². The van der Waals surface area contributed by atoms with Gasteiger partial charge in [-0.05, 0) is 62.1 Å². The third-order valence-corrected chi connectivity index (χ3v) is 6.20. The molecule has 0 unspecified atom stereocenters. The molecule has 170 valence electrons. The number of Topliss-reactive ketones (excluding diaryl/α,β-unsaturated/α-hetero) is 1. The topological polar surface area (TPSA) is 68.8 Å². The largest absolute Gasteiger partial charge is 0.366 e. The number of halogens is 1. The number of piperazine rings is 1. The summed E-state index contributed by atoms with van der Waals surface area (Å²) in [6.45, 7) is 6.03. The molecule has 0 bridgehead atoms. The van der Waals surface area contributed by atoms with E-state index < -0.39 is 5.82 Å². The molecule has 2 aliphatic heterocycles. The van der Waals surface area contributed by atoms with E-state index in [4.69, 9.17) is 0 Å². The third kappa shape index (κ3) is 5.18. The van der Waals surface area contributed by atoms with Gasteiger partial charge in [-0.3, -0.25) is 4.79 Å². The predicted molar refractivity (Wildman–Crippen MR) is 123 cm³/mol. The second-order valence-corrected chi connectivity index (χ2v) is 8.43. The van der Waals surface area contributed by atoms with Gasteiger partial charge < -0.3 is 20.0 Å². The van der Waals surface area contributed by atoms with E-state index in [1.54, 1.807) is 23.2 Å². The van der Waals surface area contributed by atoms with Gasteiger partial charge in [0.15, 0.2) is 5.78 Å². The van der Waals surface area contributed by atoms with Gasteiger partial charge in [0.2, 0.25) is 0 Å². The fourth-order valence-corrected chi connectivity index (χ4v) is 4.29. The summed E-state index contributed by atoms with van der Waals surface area (Å²) >= 11 is 0. The number of ketones is 1. The summed E-state index contributed by atoms with van der Waals surface area (Å²) in [5.74, 6) is 0.412. The van der Waals surface area contributed by atoms with E-state index >= 15 is 0 Å². The minimum absolute atomic E-state index is 0.117. The van der Waals surface area contributed by atoms with Crippen molar-refractivity contribution in [3.05, 3.63) is 53.5 Å². The number of anilines is 2. The van der Waals surface area contributed by atoms with Gasteiger partial charge >= 0.3 is 6.03 Å². The molecule has 2 aliphatic rings. The molecule has 7 nitrogen and oxygen atoms in total. The van der Waals surface area contributed by atoms with Crippen molar-refractivity contribution in [2.45, 2.75) is 32.7 Å². The smallest absolute Gasteiger partial charge is 0.317 e. The number of urea groups is 1. The van der Waals surface area contributed by atoms with E-state index in [1.165, 1.54) is 32.3 Å². The maximum Gasteiger partial charge on any atom is 0.317 e. The molecule has 8 heteroatoms. The number of piperidine rings is 1. The molecule has 4 rings (SSSR count). The molecule has 0 radical (unpaired) electrons. The lowest BCUT2D eigenvalue weighted by Crippen LogP contribution is -2.51. The summed E-state index contributed by atoms with van der Waals surface area (Å²) in [5, 5.41) is 3.00. The van der Waals surface area contributed by atoms with Crippen LogP contribution in [0.2, 0.25) is 0 Å². The highest BCUT2D eigenvalue weighted by molar-refractivity contribution is 5.94. The van der Waals surface area contributed by atoms with Crippen LogP contribution in [0.1, 0.15) is 42.1 Å².